The van der Waals surface area contributed by atoms with Crippen molar-refractivity contribution in [2.24, 2.45) is 0 Å². The van der Waals surface area contributed by atoms with Crippen molar-refractivity contribution in [2.45, 2.75) is 24.5 Å². The first kappa shape index (κ1) is 15.0. The second kappa shape index (κ2) is 6.37. The first-order valence-electron chi connectivity index (χ1n) is 5.79. The van der Waals surface area contributed by atoms with E-state index in [1.165, 1.54) is 0 Å². The van der Waals surface area contributed by atoms with Crippen LogP contribution in [-0.4, -0.2) is 15.7 Å². The largest absolute Gasteiger partial charge is 0.337 e. The van der Waals surface area contributed by atoms with Crippen LogP contribution in [0.2, 0.25) is 5.15 Å². The number of alkyl halides is 2. The summed E-state index contributed by atoms with van der Waals surface area (Å²) in [6.07, 6.45) is 0. The predicted molar refractivity (Wildman–Crippen MR) is 78.1 cm³/mol. The van der Waals surface area contributed by atoms with Gasteiger partial charge in [-0.25, -0.2) is 9.97 Å². The first-order valence-corrected chi connectivity index (χ1v) is 7.04. The maximum atomic E-state index is 12.5. The molecule has 0 fully saturated rings. The lowest BCUT2D eigenvalue weighted by atomic mass is 10.3. The highest BCUT2D eigenvalue weighted by Crippen LogP contribution is 2.34. The van der Waals surface area contributed by atoms with E-state index >= 15 is 0 Å². The van der Waals surface area contributed by atoms with E-state index in [1.54, 1.807) is 31.2 Å². The summed E-state index contributed by atoms with van der Waals surface area (Å²) in [7, 11) is 0. The fourth-order valence-electron chi connectivity index (χ4n) is 1.55. The van der Waals surface area contributed by atoms with Gasteiger partial charge in [-0.1, -0.05) is 35.5 Å². The minimum atomic E-state index is -2.49. The molecule has 3 nitrogen and oxygen atoms in total. The van der Waals surface area contributed by atoms with Crippen molar-refractivity contribution in [3.8, 4) is 0 Å². The molecule has 0 aliphatic rings. The summed E-state index contributed by atoms with van der Waals surface area (Å²) in [5.74, 6) is -2.13. The summed E-state index contributed by atoms with van der Waals surface area (Å²) in [5, 5.41) is 3.17. The maximum Gasteiger partial charge on any atom is 0.288 e. The third-order valence-electron chi connectivity index (χ3n) is 2.62. The number of aromatic nitrogens is 2. The number of nitrogens with one attached hydrogen (secondary N) is 1. The first-order chi connectivity index (χ1) is 9.47. The molecule has 1 heterocycles. The summed E-state index contributed by atoms with van der Waals surface area (Å²) in [6, 6.07) is 6.75. The monoisotopic (exact) mass is 315 g/mol. The number of halogens is 3. The molecule has 0 atom stereocenters. The molecule has 20 heavy (non-hydrogen) atoms. The van der Waals surface area contributed by atoms with Crippen molar-refractivity contribution in [3.05, 3.63) is 40.8 Å². The van der Waals surface area contributed by atoms with Gasteiger partial charge in [-0.2, -0.15) is 8.78 Å². The number of thioether (sulfide) groups is 1. The van der Waals surface area contributed by atoms with Gasteiger partial charge >= 0.3 is 0 Å². The van der Waals surface area contributed by atoms with Crippen LogP contribution in [0.5, 0.6) is 0 Å². The van der Waals surface area contributed by atoms with Crippen LogP contribution in [-0.2, 0) is 0 Å². The van der Waals surface area contributed by atoms with E-state index in [0.717, 1.165) is 11.4 Å². The van der Waals surface area contributed by atoms with Crippen LogP contribution in [0.15, 0.2) is 29.2 Å². The number of anilines is 2. The average Bonchev–Trinajstić information content (AvgIpc) is 2.37. The Bertz CT molecular complexity index is 623. The van der Waals surface area contributed by atoms with Crippen molar-refractivity contribution in [2.75, 3.05) is 5.32 Å². The van der Waals surface area contributed by atoms with Crippen LogP contribution in [0.3, 0.4) is 0 Å². The third-order valence-corrected chi connectivity index (χ3v) is 3.67. The minimum absolute atomic E-state index is 0.213. The fraction of sp³-hybridized carbons (Fsp3) is 0.231. The Labute approximate surface area is 124 Å². The smallest absolute Gasteiger partial charge is 0.288 e. The van der Waals surface area contributed by atoms with Crippen LogP contribution < -0.4 is 5.32 Å². The maximum absolute atomic E-state index is 12.5. The highest BCUT2D eigenvalue weighted by molar-refractivity contribution is 7.99. The fourth-order valence-corrected chi connectivity index (χ4v) is 2.36. The summed E-state index contributed by atoms with van der Waals surface area (Å²) >= 11 is 6.49. The van der Waals surface area contributed by atoms with E-state index in [-0.39, 0.29) is 5.15 Å². The van der Waals surface area contributed by atoms with Gasteiger partial charge in [0.25, 0.3) is 5.76 Å². The molecule has 0 aliphatic carbocycles. The molecule has 0 saturated heterocycles. The van der Waals surface area contributed by atoms with Crippen LogP contribution >= 0.6 is 23.4 Å². The second-order valence-corrected chi connectivity index (χ2v) is 5.42. The zero-order valence-electron chi connectivity index (χ0n) is 10.8. The molecule has 1 aromatic heterocycles. The lowest BCUT2D eigenvalue weighted by molar-refractivity contribution is 0.252. The Kier molecular flexibility index (Phi) is 4.77. The van der Waals surface area contributed by atoms with Crippen molar-refractivity contribution < 1.29 is 8.78 Å². The van der Waals surface area contributed by atoms with Crippen LogP contribution in [0, 0.1) is 13.8 Å². The lowest BCUT2D eigenvalue weighted by Gasteiger charge is -2.12. The SMILES string of the molecule is Cc1nc(Cl)c(Nc2ccccc2SC(F)F)nc1C. The normalized spacial score (nSPS) is 10.9. The van der Waals surface area contributed by atoms with Gasteiger partial charge in [-0.05, 0) is 26.0 Å². The average molecular weight is 316 g/mol. The number of benzene rings is 1. The molecule has 2 aromatic rings. The van der Waals surface area contributed by atoms with Gasteiger partial charge in [0, 0.05) is 4.90 Å². The number of rotatable bonds is 4. The van der Waals surface area contributed by atoms with Crippen molar-refractivity contribution in [1.82, 2.24) is 9.97 Å². The van der Waals surface area contributed by atoms with Crippen LogP contribution in [0.4, 0.5) is 20.3 Å². The molecule has 1 aromatic carbocycles. The number of aryl methyl sites for hydroxylation is 2. The second-order valence-electron chi connectivity index (χ2n) is 4.03. The molecule has 0 aliphatic heterocycles. The zero-order valence-corrected chi connectivity index (χ0v) is 12.4. The van der Waals surface area contributed by atoms with Gasteiger partial charge < -0.3 is 5.32 Å². The lowest BCUT2D eigenvalue weighted by Crippen LogP contribution is -2.01. The van der Waals surface area contributed by atoms with Crippen LogP contribution in [0.1, 0.15) is 11.4 Å². The molecule has 0 spiro atoms. The van der Waals surface area contributed by atoms with E-state index in [2.05, 4.69) is 15.3 Å². The van der Waals surface area contributed by atoms with Crippen LogP contribution in [0.25, 0.3) is 0 Å². The van der Waals surface area contributed by atoms with Crippen molar-refractivity contribution >= 4 is 34.9 Å². The third kappa shape index (κ3) is 3.58. The Morgan fingerprint density at radius 2 is 1.80 bits per heavy atom. The Morgan fingerprint density at radius 3 is 2.50 bits per heavy atom. The van der Waals surface area contributed by atoms with Crippen molar-refractivity contribution in [3.63, 3.8) is 0 Å². The van der Waals surface area contributed by atoms with E-state index in [0.29, 0.717) is 28.2 Å². The summed E-state index contributed by atoms with van der Waals surface area (Å²) in [4.78, 5) is 8.86. The van der Waals surface area contributed by atoms with E-state index < -0.39 is 5.76 Å². The molecule has 2 rings (SSSR count). The standard InChI is InChI=1S/C13H12ClF2N3S/c1-7-8(2)18-12(11(14)17-7)19-9-5-3-4-6-10(9)20-13(15)16/h3-6,13H,1-2H3,(H,18,19). The molecule has 0 saturated carbocycles. The van der Waals surface area contributed by atoms with Crippen molar-refractivity contribution in [1.29, 1.82) is 0 Å². The summed E-state index contributed by atoms with van der Waals surface area (Å²) in [6.45, 7) is 3.61. The van der Waals surface area contributed by atoms with Gasteiger partial charge in [-0.3, -0.25) is 0 Å². The summed E-state index contributed by atoms with van der Waals surface area (Å²) < 4.78 is 25.0. The molecule has 106 valence electrons. The van der Waals surface area contributed by atoms with E-state index in [9.17, 15) is 8.78 Å². The molecule has 0 unspecified atom stereocenters. The van der Waals surface area contributed by atoms with Gasteiger partial charge in [0.05, 0.1) is 17.1 Å². The number of para-hydroxylation sites is 1. The minimum Gasteiger partial charge on any atom is -0.337 e. The molecule has 7 heteroatoms. The van der Waals surface area contributed by atoms with Gasteiger partial charge in [0.2, 0.25) is 0 Å². The molecule has 0 amide bonds. The van der Waals surface area contributed by atoms with Gasteiger partial charge in [-0.15, -0.1) is 0 Å². The summed E-state index contributed by atoms with van der Waals surface area (Å²) in [5.41, 5.74) is 1.99. The topological polar surface area (TPSA) is 37.8 Å². The Balaban J connectivity index is 2.33. The number of hydrogen-bond acceptors (Lipinski definition) is 4. The molecule has 0 radical (unpaired) electrons. The Morgan fingerprint density at radius 1 is 1.15 bits per heavy atom. The number of nitrogens with zero attached hydrogens (tertiary/aromatic N) is 2. The molecular formula is C13H12ClF2N3S. The quantitative estimate of drug-likeness (QED) is 0.822. The number of hydrogen-bond donors (Lipinski definition) is 1. The highest BCUT2D eigenvalue weighted by atomic mass is 35.5. The Hall–Kier alpha value is -1.40. The highest BCUT2D eigenvalue weighted by Gasteiger charge is 2.12. The molecular weight excluding hydrogens is 304 g/mol. The molecule has 0 bridgehead atoms. The van der Waals surface area contributed by atoms with E-state index in [4.69, 9.17) is 11.6 Å². The van der Waals surface area contributed by atoms with Gasteiger partial charge in [0.15, 0.2) is 11.0 Å². The van der Waals surface area contributed by atoms with E-state index in [1.807, 2.05) is 6.92 Å². The molecule has 1 N–H and O–H groups in total. The zero-order chi connectivity index (χ0) is 14.7. The predicted octanol–water partition coefficient (Wildman–Crippen LogP) is 4.81. The van der Waals surface area contributed by atoms with Gasteiger partial charge in [0.1, 0.15) is 0 Å².